The molecule has 4 nitrogen and oxygen atoms in total. The number of carbonyl (C=O) groups excluding carboxylic acids is 1. The zero-order valence-electron chi connectivity index (χ0n) is 5.97. The fourth-order valence-electron chi connectivity index (χ4n) is 0.560. The molecule has 0 unspecified atom stereocenters. The smallest absolute Gasteiger partial charge is 0.309 e. The molecule has 0 aliphatic carbocycles. The summed E-state index contributed by atoms with van der Waals surface area (Å²) in [5, 5.41) is 10.6. The van der Waals surface area contributed by atoms with Crippen molar-refractivity contribution in [1.29, 1.82) is 0 Å². The largest absolute Gasteiger partial charge is 0.481 e. The van der Waals surface area contributed by atoms with Crippen LogP contribution in [0.15, 0.2) is 0 Å². The number of carbonyl (C=O) groups is 1. The highest BCUT2D eigenvalue weighted by Crippen LogP contribution is 2.05. The zero-order valence-corrected chi connectivity index (χ0v) is 5.97. The average molecular weight is 144 g/mol. The van der Waals surface area contributed by atoms with Crippen LogP contribution in [0.4, 0.5) is 0 Å². The Bertz CT molecular complexity index is 142. The maximum Gasteiger partial charge on any atom is 0.309 e. The van der Waals surface area contributed by atoms with Crippen molar-refractivity contribution in [2.45, 2.75) is 25.8 Å². The van der Waals surface area contributed by atoms with Gasteiger partial charge in [-0.2, -0.15) is 0 Å². The van der Waals surface area contributed by atoms with Crippen molar-refractivity contribution < 1.29 is 14.7 Å². The van der Waals surface area contributed by atoms with Crippen molar-refractivity contribution in [3.8, 4) is 0 Å². The first-order chi connectivity index (χ1) is 4.48. The Labute approximate surface area is 59.2 Å². The molecule has 0 rings (SSSR count). The van der Waals surface area contributed by atoms with E-state index in [0.29, 0.717) is 0 Å². The molecule has 10 heavy (non-hydrogen) atoms. The van der Waals surface area contributed by atoms with E-state index in [1.807, 2.05) is 0 Å². The van der Waals surface area contributed by atoms with Gasteiger partial charge in [-0.25, -0.2) is 0 Å². The summed E-state index contributed by atoms with van der Waals surface area (Å²) in [4.78, 5) is 19.9. The van der Waals surface area contributed by atoms with Crippen LogP contribution in [0.25, 0.3) is 0 Å². The summed E-state index contributed by atoms with van der Waals surface area (Å²) < 4.78 is 0. The molecule has 1 radical (unpaired) electrons. The van der Waals surface area contributed by atoms with E-state index in [0.717, 1.165) is 0 Å². The summed E-state index contributed by atoms with van der Waals surface area (Å²) in [6.07, 6.45) is 1.36. The zero-order chi connectivity index (χ0) is 8.20. The van der Waals surface area contributed by atoms with Crippen LogP contribution in [0, 0.1) is 0 Å². The van der Waals surface area contributed by atoms with E-state index in [4.69, 9.17) is 5.11 Å². The van der Waals surface area contributed by atoms with Crippen LogP contribution in [0.5, 0.6) is 0 Å². The lowest BCUT2D eigenvalue weighted by atomic mass is 10.0. The van der Waals surface area contributed by atoms with Gasteiger partial charge in [-0.05, 0) is 13.8 Å². The van der Waals surface area contributed by atoms with Gasteiger partial charge in [-0.1, -0.05) is 0 Å². The molecule has 0 aliphatic heterocycles. The minimum atomic E-state index is -0.937. The summed E-state index contributed by atoms with van der Waals surface area (Å²) in [6.45, 7) is 3.23. The van der Waals surface area contributed by atoms with E-state index in [2.05, 4.69) is 5.32 Å². The Hall–Kier alpha value is -1.06. The van der Waals surface area contributed by atoms with E-state index >= 15 is 0 Å². The summed E-state index contributed by atoms with van der Waals surface area (Å²) >= 11 is 0. The first kappa shape index (κ1) is 8.94. The summed E-state index contributed by atoms with van der Waals surface area (Å²) in [7, 11) is 0. The normalized spacial score (nSPS) is 10.6. The molecule has 0 aromatic heterocycles. The van der Waals surface area contributed by atoms with E-state index in [1.54, 1.807) is 13.8 Å². The van der Waals surface area contributed by atoms with Crippen molar-refractivity contribution in [2.24, 2.45) is 0 Å². The molecule has 0 atom stereocenters. The van der Waals surface area contributed by atoms with Crippen molar-refractivity contribution in [1.82, 2.24) is 5.32 Å². The Morgan fingerprint density at radius 3 is 2.50 bits per heavy atom. The monoisotopic (exact) mass is 144 g/mol. The Morgan fingerprint density at radius 2 is 2.20 bits per heavy atom. The Morgan fingerprint density at radius 1 is 1.70 bits per heavy atom. The number of amides is 1. The van der Waals surface area contributed by atoms with Gasteiger partial charge in [0.15, 0.2) is 0 Å². The molecule has 0 fully saturated rings. The van der Waals surface area contributed by atoms with Gasteiger partial charge in [0, 0.05) is 5.54 Å². The third-order valence-electron chi connectivity index (χ3n) is 0.983. The van der Waals surface area contributed by atoms with Crippen molar-refractivity contribution in [2.75, 3.05) is 0 Å². The first-order valence-corrected chi connectivity index (χ1v) is 2.84. The molecule has 1 amide bonds. The second-order valence-electron chi connectivity index (χ2n) is 2.68. The highest BCUT2D eigenvalue weighted by atomic mass is 16.4. The summed E-state index contributed by atoms with van der Waals surface area (Å²) in [5.41, 5.74) is -0.701. The van der Waals surface area contributed by atoms with Gasteiger partial charge >= 0.3 is 12.4 Å². The number of aliphatic carboxylic acids is 1. The molecule has 0 aromatic rings. The van der Waals surface area contributed by atoms with E-state index in [-0.39, 0.29) is 6.42 Å². The minimum Gasteiger partial charge on any atom is -0.481 e. The molecule has 57 valence electrons. The molecule has 0 aromatic carbocycles. The number of rotatable bonds is 4. The molecule has 0 bridgehead atoms. The third-order valence-corrected chi connectivity index (χ3v) is 0.983. The lowest BCUT2D eigenvalue weighted by Crippen LogP contribution is -2.40. The predicted molar refractivity (Wildman–Crippen MR) is 35.2 cm³/mol. The molecule has 0 aliphatic rings. The molecular weight excluding hydrogens is 134 g/mol. The molecule has 4 heteroatoms. The van der Waals surface area contributed by atoms with Crippen LogP contribution in [-0.2, 0) is 9.59 Å². The van der Waals surface area contributed by atoms with Gasteiger partial charge in [0.1, 0.15) is 0 Å². The van der Waals surface area contributed by atoms with Gasteiger partial charge in [-0.15, -0.1) is 0 Å². The van der Waals surface area contributed by atoms with Crippen LogP contribution in [-0.4, -0.2) is 23.0 Å². The third kappa shape index (κ3) is 3.88. The number of carboxylic acid groups (broad SMARTS) is 1. The lowest BCUT2D eigenvalue weighted by Gasteiger charge is -2.19. The van der Waals surface area contributed by atoms with Crippen LogP contribution in [0.3, 0.4) is 0 Å². The lowest BCUT2D eigenvalue weighted by molar-refractivity contribution is -0.138. The van der Waals surface area contributed by atoms with Crippen molar-refractivity contribution in [3.63, 3.8) is 0 Å². The summed E-state index contributed by atoms with van der Waals surface area (Å²) in [6, 6.07) is 0. The first-order valence-electron chi connectivity index (χ1n) is 2.84. The van der Waals surface area contributed by atoms with Crippen LogP contribution >= 0.6 is 0 Å². The highest BCUT2D eigenvalue weighted by Gasteiger charge is 2.20. The molecule has 0 heterocycles. The summed E-state index contributed by atoms with van der Waals surface area (Å²) in [5.74, 6) is -0.937. The molecule has 0 saturated carbocycles. The van der Waals surface area contributed by atoms with E-state index in [9.17, 15) is 9.59 Å². The molecule has 0 spiro atoms. The fraction of sp³-hybridized carbons (Fsp3) is 0.667. The number of carboxylic acids is 1. The van der Waals surface area contributed by atoms with Crippen LogP contribution in [0.2, 0.25) is 0 Å². The van der Waals surface area contributed by atoms with E-state index in [1.165, 1.54) is 6.41 Å². The van der Waals surface area contributed by atoms with Gasteiger partial charge in [0.05, 0.1) is 6.42 Å². The quantitative estimate of drug-likeness (QED) is 0.541. The van der Waals surface area contributed by atoms with Crippen LogP contribution < -0.4 is 5.32 Å². The predicted octanol–water partition coefficient (Wildman–Crippen LogP) is -0.103. The second kappa shape index (κ2) is 3.20. The van der Waals surface area contributed by atoms with Gasteiger partial charge in [0.25, 0.3) is 0 Å². The Kier molecular flexibility index (Phi) is 2.86. The minimum absolute atomic E-state index is 0.0950. The van der Waals surface area contributed by atoms with Crippen LogP contribution in [0.1, 0.15) is 20.3 Å². The topological polar surface area (TPSA) is 66.4 Å². The maximum atomic E-state index is 10.1. The van der Waals surface area contributed by atoms with Crippen molar-refractivity contribution >= 4 is 12.4 Å². The second-order valence-corrected chi connectivity index (χ2v) is 2.68. The molecular formula is C6H10NO3. The maximum absolute atomic E-state index is 10.1. The van der Waals surface area contributed by atoms with E-state index < -0.39 is 11.5 Å². The van der Waals surface area contributed by atoms with Crippen molar-refractivity contribution in [3.05, 3.63) is 0 Å². The average Bonchev–Trinajstić information content (AvgIpc) is 1.59. The van der Waals surface area contributed by atoms with Gasteiger partial charge in [0.2, 0.25) is 0 Å². The number of nitrogens with one attached hydrogen (secondary N) is 1. The van der Waals surface area contributed by atoms with Gasteiger partial charge < -0.3 is 10.4 Å². The number of hydrogen-bond donors (Lipinski definition) is 2. The molecule has 0 saturated heterocycles. The highest BCUT2D eigenvalue weighted by molar-refractivity contribution is 5.69. The fourth-order valence-corrected chi connectivity index (χ4v) is 0.560. The van der Waals surface area contributed by atoms with Gasteiger partial charge in [-0.3, -0.25) is 9.59 Å². The molecule has 2 N–H and O–H groups in total. The Balaban J connectivity index is 3.85. The SMILES string of the molecule is CC(C)(CC(=O)O)N[C]=O. The number of hydrogen-bond acceptors (Lipinski definition) is 2. The standard InChI is InChI=1S/C6H10NO3/c1-6(2,7-4-8)3-5(9)10/h3H2,1-2H3,(H,7,8)(H,9,10).